The molecule has 0 radical (unpaired) electrons. The third-order valence-electron chi connectivity index (χ3n) is 4.53. The molecule has 3 N–H and O–H groups in total. The molecule has 4 rings (SSSR count). The molecule has 31 heavy (non-hydrogen) atoms. The predicted molar refractivity (Wildman–Crippen MR) is 118 cm³/mol. The number of oxazole rings is 1. The largest absolute Gasteiger partial charge is 0.478 e. The first-order chi connectivity index (χ1) is 14.9. The van der Waals surface area contributed by atoms with E-state index in [0.29, 0.717) is 27.4 Å². The van der Waals surface area contributed by atoms with Crippen molar-refractivity contribution in [1.82, 2.24) is 10.4 Å². The van der Waals surface area contributed by atoms with Gasteiger partial charge in [-0.25, -0.2) is 4.79 Å². The third-order valence-corrected chi connectivity index (χ3v) is 4.78. The lowest BCUT2D eigenvalue weighted by Gasteiger charge is -2.20. The van der Waals surface area contributed by atoms with E-state index >= 15 is 0 Å². The van der Waals surface area contributed by atoms with Gasteiger partial charge in [-0.05, 0) is 60.7 Å². The zero-order valence-electron chi connectivity index (χ0n) is 16.3. The molecular weight excluding hydrogens is 420 g/mol. The number of carboxylic acid groups (broad SMARTS) is 1. The van der Waals surface area contributed by atoms with Crippen LogP contribution in [0.2, 0.25) is 5.02 Å². The maximum Gasteiger partial charge on any atom is 0.335 e. The number of benzene rings is 3. The Labute approximate surface area is 182 Å². The highest BCUT2D eigenvalue weighted by Crippen LogP contribution is 2.26. The smallest absolute Gasteiger partial charge is 0.335 e. The van der Waals surface area contributed by atoms with E-state index in [0.717, 1.165) is 5.69 Å². The van der Waals surface area contributed by atoms with Crippen LogP contribution in [0.15, 0.2) is 71.1 Å². The van der Waals surface area contributed by atoms with Gasteiger partial charge in [0.05, 0.1) is 16.8 Å². The van der Waals surface area contributed by atoms with E-state index in [2.05, 4.69) is 15.7 Å². The number of amides is 1. The number of aromatic nitrogens is 1. The van der Waals surface area contributed by atoms with Crippen molar-refractivity contribution in [2.75, 3.05) is 17.4 Å². The molecule has 0 atom stereocenters. The summed E-state index contributed by atoms with van der Waals surface area (Å²) >= 11 is 5.90. The Kier molecular flexibility index (Phi) is 5.46. The summed E-state index contributed by atoms with van der Waals surface area (Å²) in [5.74, 6) is -1.41. The highest BCUT2D eigenvalue weighted by atomic mass is 35.5. The Hall–Kier alpha value is -4.04. The molecule has 1 amide bonds. The van der Waals surface area contributed by atoms with Gasteiger partial charge < -0.3 is 14.8 Å². The second kappa shape index (κ2) is 8.37. The number of carbonyl (C=O) groups is 2. The second-order valence-corrected chi connectivity index (χ2v) is 7.09. The van der Waals surface area contributed by atoms with Crippen molar-refractivity contribution < 1.29 is 19.1 Å². The first-order valence-electron chi connectivity index (χ1n) is 9.21. The van der Waals surface area contributed by atoms with Crippen LogP contribution < -0.4 is 15.8 Å². The normalized spacial score (nSPS) is 10.6. The van der Waals surface area contributed by atoms with Gasteiger partial charge in [-0.3, -0.25) is 15.2 Å². The van der Waals surface area contributed by atoms with E-state index in [-0.39, 0.29) is 11.6 Å². The maximum atomic E-state index is 12.9. The molecule has 4 aromatic rings. The van der Waals surface area contributed by atoms with Gasteiger partial charge in [-0.1, -0.05) is 17.7 Å². The number of nitrogens with zero attached hydrogens (tertiary/aromatic N) is 2. The van der Waals surface area contributed by atoms with Crippen molar-refractivity contribution in [2.24, 2.45) is 0 Å². The number of nitrogens with one attached hydrogen (secondary N) is 2. The minimum Gasteiger partial charge on any atom is -0.478 e. The van der Waals surface area contributed by atoms with Gasteiger partial charge in [-0.2, -0.15) is 4.98 Å². The Morgan fingerprint density at radius 2 is 1.74 bits per heavy atom. The number of fused-ring (bicyclic) bond motifs is 1. The van der Waals surface area contributed by atoms with Crippen LogP contribution in [-0.2, 0) is 0 Å². The SMILES string of the molecule is CN(NC(=O)c1cccc2nc(Nc3ccc(Cl)cc3)oc12)c1ccc(C(=O)O)cc1. The first kappa shape index (κ1) is 20.2. The Morgan fingerprint density at radius 3 is 2.42 bits per heavy atom. The van der Waals surface area contributed by atoms with Crippen molar-refractivity contribution in [3.05, 3.63) is 82.9 Å². The monoisotopic (exact) mass is 436 g/mol. The van der Waals surface area contributed by atoms with Gasteiger partial charge in [0, 0.05) is 17.8 Å². The lowest BCUT2D eigenvalue weighted by molar-refractivity contribution is 0.0696. The topological polar surface area (TPSA) is 108 Å². The molecule has 9 heteroatoms. The van der Waals surface area contributed by atoms with Crippen molar-refractivity contribution >= 4 is 52.0 Å². The Bertz CT molecular complexity index is 1250. The number of halogens is 1. The summed E-state index contributed by atoms with van der Waals surface area (Å²) in [6, 6.07) is 18.5. The summed E-state index contributed by atoms with van der Waals surface area (Å²) in [6.07, 6.45) is 0. The quantitative estimate of drug-likeness (QED) is 0.376. The molecule has 0 aliphatic heterocycles. The average Bonchev–Trinajstić information content (AvgIpc) is 3.17. The number of hydrogen-bond donors (Lipinski definition) is 3. The number of hydrazine groups is 1. The fraction of sp³-hybridized carbons (Fsp3) is 0.0455. The number of anilines is 3. The molecule has 0 fully saturated rings. The molecule has 1 aromatic heterocycles. The fourth-order valence-electron chi connectivity index (χ4n) is 2.94. The lowest BCUT2D eigenvalue weighted by atomic mass is 10.2. The molecule has 0 unspecified atom stereocenters. The van der Waals surface area contributed by atoms with Crippen LogP contribution in [0.25, 0.3) is 11.1 Å². The molecule has 1 heterocycles. The van der Waals surface area contributed by atoms with Gasteiger partial charge in [0.2, 0.25) is 0 Å². The third kappa shape index (κ3) is 4.44. The van der Waals surface area contributed by atoms with Crippen LogP contribution in [-0.4, -0.2) is 29.0 Å². The summed E-state index contributed by atoms with van der Waals surface area (Å²) in [5.41, 5.74) is 5.44. The number of hydrogen-bond acceptors (Lipinski definition) is 6. The zero-order valence-corrected chi connectivity index (χ0v) is 17.1. The highest BCUT2D eigenvalue weighted by Gasteiger charge is 2.17. The molecule has 0 spiro atoms. The maximum absolute atomic E-state index is 12.9. The lowest BCUT2D eigenvalue weighted by Crippen LogP contribution is -2.39. The molecule has 0 saturated carbocycles. The summed E-state index contributed by atoms with van der Waals surface area (Å²) < 4.78 is 5.78. The number of rotatable bonds is 6. The molecule has 0 saturated heterocycles. The van der Waals surface area contributed by atoms with Crippen LogP contribution in [0, 0.1) is 0 Å². The van der Waals surface area contributed by atoms with Crippen LogP contribution >= 0.6 is 11.6 Å². The molecule has 0 bridgehead atoms. The average molecular weight is 437 g/mol. The van der Waals surface area contributed by atoms with Crippen LogP contribution in [0.4, 0.5) is 17.4 Å². The summed E-state index contributed by atoms with van der Waals surface area (Å²) in [7, 11) is 1.65. The standard InChI is InChI=1S/C22H17ClN4O4/c1-27(16-11-5-13(6-12-16)21(29)30)26-20(28)17-3-2-4-18-19(17)31-22(25-18)24-15-9-7-14(23)8-10-15/h2-12H,1H3,(H,24,25)(H,26,28)(H,29,30). The summed E-state index contributed by atoms with van der Waals surface area (Å²) in [5, 5.41) is 14.2. The fourth-order valence-corrected chi connectivity index (χ4v) is 3.07. The summed E-state index contributed by atoms with van der Waals surface area (Å²) in [4.78, 5) is 28.2. The van der Waals surface area contributed by atoms with E-state index in [1.807, 2.05) is 0 Å². The van der Waals surface area contributed by atoms with E-state index < -0.39 is 11.9 Å². The minimum atomic E-state index is -1.02. The molecule has 3 aromatic carbocycles. The molecule has 156 valence electrons. The minimum absolute atomic E-state index is 0.163. The predicted octanol–water partition coefficient (Wildman–Crippen LogP) is 4.70. The van der Waals surface area contributed by atoms with Gasteiger partial charge in [0.15, 0.2) is 5.58 Å². The second-order valence-electron chi connectivity index (χ2n) is 6.66. The Balaban J connectivity index is 1.54. The number of carboxylic acids is 1. The number of carbonyl (C=O) groups excluding carboxylic acids is 1. The van der Waals surface area contributed by atoms with E-state index in [1.54, 1.807) is 61.6 Å². The van der Waals surface area contributed by atoms with Gasteiger partial charge in [0.1, 0.15) is 5.52 Å². The molecule has 0 aliphatic rings. The van der Waals surface area contributed by atoms with E-state index in [4.69, 9.17) is 21.1 Å². The number of aromatic carboxylic acids is 1. The number of para-hydroxylation sites is 1. The molecular formula is C22H17ClN4O4. The Morgan fingerprint density at radius 1 is 1.03 bits per heavy atom. The van der Waals surface area contributed by atoms with Crippen molar-refractivity contribution in [3.8, 4) is 0 Å². The van der Waals surface area contributed by atoms with E-state index in [9.17, 15) is 9.59 Å². The molecule has 0 aliphatic carbocycles. The van der Waals surface area contributed by atoms with Crippen LogP contribution in [0.3, 0.4) is 0 Å². The molecule has 8 nitrogen and oxygen atoms in total. The summed E-state index contributed by atoms with van der Waals surface area (Å²) in [6.45, 7) is 0. The first-order valence-corrected chi connectivity index (χ1v) is 9.59. The van der Waals surface area contributed by atoms with Crippen LogP contribution in [0.5, 0.6) is 0 Å². The van der Waals surface area contributed by atoms with Gasteiger partial charge in [-0.15, -0.1) is 0 Å². The van der Waals surface area contributed by atoms with Gasteiger partial charge >= 0.3 is 5.97 Å². The van der Waals surface area contributed by atoms with Crippen molar-refractivity contribution in [1.29, 1.82) is 0 Å². The highest BCUT2D eigenvalue weighted by molar-refractivity contribution is 6.30. The van der Waals surface area contributed by atoms with Crippen molar-refractivity contribution in [2.45, 2.75) is 0 Å². The zero-order chi connectivity index (χ0) is 22.0. The van der Waals surface area contributed by atoms with Crippen LogP contribution in [0.1, 0.15) is 20.7 Å². The van der Waals surface area contributed by atoms with Crippen molar-refractivity contribution in [3.63, 3.8) is 0 Å². The van der Waals surface area contributed by atoms with Gasteiger partial charge in [0.25, 0.3) is 11.9 Å². The van der Waals surface area contributed by atoms with E-state index in [1.165, 1.54) is 17.1 Å².